The van der Waals surface area contributed by atoms with Crippen LogP contribution < -0.4 is 0 Å². The predicted octanol–water partition coefficient (Wildman–Crippen LogP) is -0.291. The van der Waals surface area contributed by atoms with Gasteiger partial charge in [0.25, 0.3) is 0 Å². The molecule has 0 aliphatic heterocycles. The molecule has 0 saturated carbocycles. The Hall–Kier alpha value is -0.443. The summed E-state index contributed by atoms with van der Waals surface area (Å²) in [6, 6.07) is 0.901. The van der Waals surface area contributed by atoms with E-state index in [0.29, 0.717) is 0 Å². The molecule has 0 aromatic rings. The monoisotopic (exact) mass is 130 g/mol. The molecule has 8 heavy (non-hydrogen) atoms. The Labute approximate surface area is 51.1 Å². The number of ketones is 1. The molecule has 0 bridgehead atoms. The standard InChI is InChI=1S/C5H10O2Si/c1-3-8-5(7)4(2)6/h3,8H2,1-2H3. The zero-order chi connectivity index (χ0) is 6.57. The van der Waals surface area contributed by atoms with Crippen LogP contribution in [0.3, 0.4) is 0 Å². The fourth-order valence-corrected chi connectivity index (χ4v) is 1.21. The maximum Gasteiger partial charge on any atom is 0.189 e. The normalized spacial score (nSPS) is 10.2. The van der Waals surface area contributed by atoms with Gasteiger partial charge in [-0.25, -0.2) is 0 Å². The highest BCUT2D eigenvalue weighted by molar-refractivity contribution is 6.87. The third-order valence-electron chi connectivity index (χ3n) is 0.870. The lowest BCUT2D eigenvalue weighted by atomic mass is 10.5. The van der Waals surface area contributed by atoms with Gasteiger partial charge < -0.3 is 0 Å². The van der Waals surface area contributed by atoms with Crippen LogP contribution in [0.4, 0.5) is 0 Å². The molecule has 0 atom stereocenters. The van der Waals surface area contributed by atoms with Crippen molar-refractivity contribution in [3.63, 3.8) is 0 Å². The minimum absolute atomic E-state index is 0.118. The van der Waals surface area contributed by atoms with E-state index >= 15 is 0 Å². The fourth-order valence-electron chi connectivity index (χ4n) is 0.403. The van der Waals surface area contributed by atoms with Crippen molar-refractivity contribution in [2.45, 2.75) is 19.9 Å². The molecule has 0 aromatic heterocycles. The van der Waals surface area contributed by atoms with Gasteiger partial charge in [0.1, 0.15) is 9.52 Å². The lowest BCUT2D eigenvalue weighted by molar-refractivity contribution is -0.130. The fraction of sp³-hybridized carbons (Fsp3) is 0.600. The average molecular weight is 130 g/mol. The van der Waals surface area contributed by atoms with Gasteiger partial charge in [0.2, 0.25) is 0 Å². The Bertz CT molecular complexity index is 109. The van der Waals surface area contributed by atoms with Crippen molar-refractivity contribution in [3.05, 3.63) is 0 Å². The Morgan fingerprint density at radius 1 is 1.50 bits per heavy atom. The van der Waals surface area contributed by atoms with Gasteiger partial charge in [0.05, 0.1) is 0 Å². The zero-order valence-corrected chi connectivity index (χ0v) is 6.64. The van der Waals surface area contributed by atoms with Crippen LogP contribution in [-0.2, 0) is 9.59 Å². The van der Waals surface area contributed by atoms with E-state index in [2.05, 4.69) is 0 Å². The third-order valence-corrected chi connectivity index (χ3v) is 2.32. The first-order valence-electron chi connectivity index (χ1n) is 2.72. The highest BCUT2D eigenvalue weighted by Gasteiger charge is 2.03. The van der Waals surface area contributed by atoms with E-state index in [9.17, 15) is 9.59 Å². The topological polar surface area (TPSA) is 34.1 Å². The maximum atomic E-state index is 10.5. The highest BCUT2D eigenvalue weighted by atomic mass is 28.2. The van der Waals surface area contributed by atoms with Crippen LogP contribution >= 0.6 is 0 Å². The van der Waals surface area contributed by atoms with Crippen LogP contribution in [-0.4, -0.2) is 20.7 Å². The highest BCUT2D eigenvalue weighted by Crippen LogP contribution is 1.77. The molecule has 2 nitrogen and oxygen atoms in total. The number of hydrogen-bond donors (Lipinski definition) is 0. The number of rotatable bonds is 3. The summed E-state index contributed by atoms with van der Waals surface area (Å²) in [7, 11) is -0.690. The molecule has 0 aromatic carbocycles. The van der Waals surface area contributed by atoms with E-state index in [-0.39, 0.29) is 11.2 Å². The summed E-state index contributed by atoms with van der Waals surface area (Å²) < 4.78 is 0. The van der Waals surface area contributed by atoms with E-state index in [0.717, 1.165) is 6.04 Å². The number of carbonyl (C=O) groups excluding carboxylic acids is 2. The maximum absolute atomic E-state index is 10.5. The largest absolute Gasteiger partial charge is 0.298 e. The molecule has 0 amide bonds. The summed E-state index contributed by atoms with van der Waals surface area (Å²) in [5.74, 6) is -0.265. The molecule has 0 rings (SSSR count). The van der Waals surface area contributed by atoms with Gasteiger partial charge in [-0.15, -0.1) is 0 Å². The van der Waals surface area contributed by atoms with Gasteiger partial charge in [-0.2, -0.15) is 0 Å². The van der Waals surface area contributed by atoms with E-state index in [1.54, 1.807) is 0 Å². The van der Waals surface area contributed by atoms with Crippen molar-refractivity contribution in [1.29, 1.82) is 0 Å². The van der Waals surface area contributed by atoms with Crippen LogP contribution in [0.25, 0.3) is 0 Å². The minimum Gasteiger partial charge on any atom is -0.298 e. The van der Waals surface area contributed by atoms with E-state index in [1.165, 1.54) is 6.92 Å². The predicted molar refractivity (Wildman–Crippen MR) is 34.7 cm³/mol. The first kappa shape index (κ1) is 7.56. The van der Waals surface area contributed by atoms with E-state index in [1.807, 2.05) is 6.92 Å². The molecule has 0 aliphatic rings. The first-order chi connectivity index (χ1) is 3.68. The van der Waals surface area contributed by atoms with Crippen molar-refractivity contribution in [1.82, 2.24) is 0 Å². The molecular weight excluding hydrogens is 120 g/mol. The van der Waals surface area contributed by atoms with Crippen molar-refractivity contribution >= 4 is 20.7 Å². The Morgan fingerprint density at radius 2 is 2.00 bits per heavy atom. The van der Waals surface area contributed by atoms with Crippen molar-refractivity contribution in [2.24, 2.45) is 0 Å². The van der Waals surface area contributed by atoms with E-state index in [4.69, 9.17) is 0 Å². The van der Waals surface area contributed by atoms with Gasteiger partial charge in [0, 0.05) is 6.92 Å². The second-order valence-corrected chi connectivity index (χ2v) is 3.87. The molecule has 0 heterocycles. The quantitative estimate of drug-likeness (QED) is 0.388. The SMILES string of the molecule is CC[SiH2]C(=O)C(C)=O. The summed E-state index contributed by atoms with van der Waals surface area (Å²) in [4.78, 5) is 20.7. The molecule has 0 N–H and O–H groups in total. The Kier molecular flexibility index (Phi) is 3.35. The molecule has 0 radical (unpaired) electrons. The molecule has 0 saturated heterocycles. The van der Waals surface area contributed by atoms with E-state index < -0.39 is 9.52 Å². The molecule has 3 heteroatoms. The Morgan fingerprint density at radius 3 is 2.12 bits per heavy atom. The zero-order valence-electron chi connectivity index (χ0n) is 5.23. The summed E-state index contributed by atoms with van der Waals surface area (Å²) in [5, 5.41) is -0.118. The van der Waals surface area contributed by atoms with Gasteiger partial charge in [-0.05, 0) is 0 Å². The van der Waals surface area contributed by atoms with Crippen molar-refractivity contribution in [3.8, 4) is 0 Å². The van der Waals surface area contributed by atoms with Crippen LogP contribution in [0.2, 0.25) is 6.04 Å². The van der Waals surface area contributed by atoms with Crippen molar-refractivity contribution in [2.75, 3.05) is 0 Å². The first-order valence-corrected chi connectivity index (χ1v) is 4.43. The summed E-state index contributed by atoms with van der Waals surface area (Å²) >= 11 is 0. The smallest absolute Gasteiger partial charge is 0.189 e. The lowest BCUT2D eigenvalue weighted by Gasteiger charge is -1.86. The summed E-state index contributed by atoms with van der Waals surface area (Å²) in [6.07, 6.45) is 0. The van der Waals surface area contributed by atoms with Crippen LogP contribution in [0.1, 0.15) is 13.8 Å². The van der Waals surface area contributed by atoms with Gasteiger partial charge in [-0.1, -0.05) is 13.0 Å². The lowest BCUT2D eigenvalue weighted by Crippen LogP contribution is -2.16. The number of hydrogen-bond acceptors (Lipinski definition) is 2. The molecule has 0 spiro atoms. The molecule has 46 valence electrons. The third kappa shape index (κ3) is 2.68. The van der Waals surface area contributed by atoms with Gasteiger partial charge >= 0.3 is 0 Å². The molecule has 0 aliphatic carbocycles. The number of Topliss-reactive ketones (excluding diaryl/α,β-unsaturated/α-hetero) is 1. The van der Waals surface area contributed by atoms with Gasteiger partial charge in [0.15, 0.2) is 11.2 Å². The van der Waals surface area contributed by atoms with Crippen LogP contribution in [0.5, 0.6) is 0 Å². The van der Waals surface area contributed by atoms with Crippen molar-refractivity contribution < 1.29 is 9.59 Å². The second kappa shape index (κ2) is 3.55. The number of carbonyl (C=O) groups is 2. The molecular formula is C5H10O2Si. The van der Waals surface area contributed by atoms with Gasteiger partial charge in [-0.3, -0.25) is 9.59 Å². The van der Waals surface area contributed by atoms with Crippen LogP contribution in [0, 0.1) is 0 Å². The molecule has 0 fully saturated rings. The minimum atomic E-state index is -0.690. The second-order valence-electron chi connectivity index (χ2n) is 1.73. The van der Waals surface area contributed by atoms with Crippen LogP contribution in [0.15, 0.2) is 0 Å². The summed E-state index contributed by atoms with van der Waals surface area (Å²) in [6.45, 7) is 3.28. The summed E-state index contributed by atoms with van der Waals surface area (Å²) in [5.41, 5.74) is 0. The molecule has 0 unspecified atom stereocenters. The average Bonchev–Trinajstić information content (AvgIpc) is 1.67. The Balaban J connectivity index is 3.49.